The van der Waals surface area contributed by atoms with Crippen molar-refractivity contribution in [1.29, 1.82) is 0 Å². The number of fused-ring (bicyclic) bond motifs is 1. The topological polar surface area (TPSA) is 51.6 Å². The molecule has 94 valence electrons. The molecule has 0 aliphatic rings. The summed E-state index contributed by atoms with van der Waals surface area (Å²) < 4.78 is 0. The third kappa shape index (κ3) is 2.29. The number of rotatable bonds is 2. The van der Waals surface area contributed by atoms with Gasteiger partial charge in [-0.15, -0.1) is 0 Å². The average molecular weight is 250 g/mol. The van der Waals surface area contributed by atoms with Gasteiger partial charge in [-0.05, 0) is 19.4 Å². The Balaban J connectivity index is 2.11. The third-order valence-corrected chi connectivity index (χ3v) is 3.17. The van der Waals surface area contributed by atoms with E-state index in [-0.39, 0.29) is 0 Å². The Morgan fingerprint density at radius 2 is 1.63 bits per heavy atom. The lowest BCUT2D eigenvalue weighted by Crippen LogP contribution is -2.02. The Morgan fingerprint density at radius 1 is 0.895 bits per heavy atom. The molecule has 19 heavy (non-hydrogen) atoms. The zero-order valence-corrected chi connectivity index (χ0v) is 11.0. The first-order valence-electron chi connectivity index (χ1n) is 6.23. The Morgan fingerprint density at radius 3 is 2.42 bits per heavy atom. The minimum Gasteiger partial charge on any atom is -0.246 e. The highest BCUT2D eigenvalue weighted by molar-refractivity contribution is 5.72. The molecule has 0 radical (unpaired) electrons. The highest BCUT2D eigenvalue weighted by Gasteiger charge is 2.09. The Labute approximate surface area is 111 Å². The fraction of sp³-hybridized carbons (Fsp3) is 0.200. The van der Waals surface area contributed by atoms with Crippen molar-refractivity contribution in [2.45, 2.75) is 20.3 Å². The van der Waals surface area contributed by atoms with Gasteiger partial charge in [0.05, 0.1) is 17.1 Å². The Bertz CT molecular complexity index is 723. The zero-order valence-electron chi connectivity index (χ0n) is 11.0. The number of hydrogen-bond donors (Lipinski definition) is 0. The van der Waals surface area contributed by atoms with Gasteiger partial charge in [0, 0.05) is 6.42 Å². The predicted octanol–water partition coefficient (Wildman–Crippen LogP) is 2.63. The molecule has 0 unspecified atom stereocenters. The highest BCUT2D eigenvalue weighted by atomic mass is 15.0. The van der Waals surface area contributed by atoms with Crippen LogP contribution >= 0.6 is 0 Å². The van der Waals surface area contributed by atoms with E-state index in [2.05, 4.69) is 32.1 Å². The summed E-state index contributed by atoms with van der Waals surface area (Å²) in [5.41, 5.74) is 5.45. The maximum Gasteiger partial charge on any atom is 0.181 e. The standard InChI is InChI=1S/C15H14N4/c1-10-11(2)19-15-14(18-10)13(16-9-17-15)8-12-6-4-3-5-7-12/h3-7,9H,8H2,1-2H3. The summed E-state index contributed by atoms with van der Waals surface area (Å²) in [4.78, 5) is 17.6. The molecule has 0 N–H and O–H groups in total. The van der Waals surface area contributed by atoms with Crippen LogP contribution in [0.25, 0.3) is 11.2 Å². The second-order valence-corrected chi connectivity index (χ2v) is 4.55. The van der Waals surface area contributed by atoms with Crippen molar-refractivity contribution < 1.29 is 0 Å². The van der Waals surface area contributed by atoms with Gasteiger partial charge in [-0.2, -0.15) is 0 Å². The van der Waals surface area contributed by atoms with Crippen LogP contribution < -0.4 is 0 Å². The number of hydrogen-bond acceptors (Lipinski definition) is 4. The minimum absolute atomic E-state index is 0.670. The molecule has 0 fully saturated rings. The molecule has 3 aromatic rings. The van der Waals surface area contributed by atoms with E-state index < -0.39 is 0 Å². The first-order chi connectivity index (χ1) is 9.24. The molecule has 4 heteroatoms. The summed E-state index contributed by atoms with van der Waals surface area (Å²) >= 11 is 0. The molecule has 4 nitrogen and oxygen atoms in total. The van der Waals surface area contributed by atoms with Gasteiger partial charge in [-0.3, -0.25) is 0 Å². The highest BCUT2D eigenvalue weighted by Crippen LogP contribution is 2.16. The van der Waals surface area contributed by atoms with Crippen molar-refractivity contribution in [1.82, 2.24) is 19.9 Å². The smallest absolute Gasteiger partial charge is 0.181 e. The molecule has 0 spiro atoms. The van der Waals surface area contributed by atoms with Gasteiger partial charge in [0.2, 0.25) is 0 Å². The lowest BCUT2D eigenvalue weighted by Gasteiger charge is -2.06. The predicted molar refractivity (Wildman–Crippen MR) is 73.9 cm³/mol. The number of aromatic nitrogens is 4. The van der Waals surface area contributed by atoms with Crippen LogP contribution in [0.3, 0.4) is 0 Å². The van der Waals surface area contributed by atoms with Crippen LogP contribution in [0.4, 0.5) is 0 Å². The normalized spacial score (nSPS) is 10.8. The number of benzene rings is 1. The van der Waals surface area contributed by atoms with E-state index in [4.69, 9.17) is 0 Å². The van der Waals surface area contributed by atoms with E-state index in [1.165, 1.54) is 5.56 Å². The van der Waals surface area contributed by atoms with Crippen molar-refractivity contribution in [3.8, 4) is 0 Å². The van der Waals surface area contributed by atoms with Crippen LogP contribution in [-0.2, 0) is 6.42 Å². The van der Waals surface area contributed by atoms with E-state index in [0.717, 1.165) is 29.0 Å². The lowest BCUT2D eigenvalue weighted by atomic mass is 10.1. The molecular weight excluding hydrogens is 236 g/mol. The Kier molecular flexibility index (Phi) is 2.91. The van der Waals surface area contributed by atoms with E-state index in [0.29, 0.717) is 5.65 Å². The fourth-order valence-corrected chi connectivity index (χ4v) is 2.01. The molecule has 1 aromatic carbocycles. The quantitative estimate of drug-likeness (QED) is 0.701. The SMILES string of the molecule is Cc1nc2ncnc(Cc3ccccc3)c2nc1C. The van der Waals surface area contributed by atoms with Crippen molar-refractivity contribution in [2.75, 3.05) is 0 Å². The zero-order chi connectivity index (χ0) is 13.2. The van der Waals surface area contributed by atoms with Crippen LogP contribution in [0.5, 0.6) is 0 Å². The van der Waals surface area contributed by atoms with Crippen molar-refractivity contribution >= 4 is 11.2 Å². The molecule has 0 amide bonds. The van der Waals surface area contributed by atoms with Crippen LogP contribution in [0, 0.1) is 13.8 Å². The van der Waals surface area contributed by atoms with Crippen LogP contribution in [0.2, 0.25) is 0 Å². The second-order valence-electron chi connectivity index (χ2n) is 4.55. The summed E-state index contributed by atoms with van der Waals surface area (Å²) in [6, 6.07) is 10.2. The van der Waals surface area contributed by atoms with E-state index in [1.54, 1.807) is 6.33 Å². The van der Waals surface area contributed by atoms with Gasteiger partial charge in [0.25, 0.3) is 0 Å². The van der Waals surface area contributed by atoms with Gasteiger partial charge in [-0.1, -0.05) is 30.3 Å². The van der Waals surface area contributed by atoms with Crippen LogP contribution in [0.1, 0.15) is 22.6 Å². The number of aryl methyl sites for hydroxylation is 2. The summed E-state index contributed by atoms with van der Waals surface area (Å²) in [5.74, 6) is 0. The van der Waals surface area contributed by atoms with Gasteiger partial charge in [0.15, 0.2) is 5.65 Å². The molecule has 0 aliphatic heterocycles. The summed E-state index contributed by atoms with van der Waals surface area (Å²) in [5, 5.41) is 0. The van der Waals surface area contributed by atoms with E-state index in [1.807, 2.05) is 32.0 Å². The van der Waals surface area contributed by atoms with Crippen molar-refractivity contribution in [3.05, 3.63) is 59.3 Å². The first kappa shape index (κ1) is 11.7. The van der Waals surface area contributed by atoms with Crippen LogP contribution in [-0.4, -0.2) is 19.9 Å². The molecule has 0 saturated heterocycles. The second kappa shape index (κ2) is 4.72. The molecule has 0 bridgehead atoms. The fourth-order valence-electron chi connectivity index (χ4n) is 2.01. The molecule has 0 saturated carbocycles. The monoisotopic (exact) mass is 250 g/mol. The number of nitrogens with zero attached hydrogens (tertiary/aromatic N) is 4. The minimum atomic E-state index is 0.670. The van der Waals surface area contributed by atoms with Crippen molar-refractivity contribution in [2.24, 2.45) is 0 Å². The van der Waals surface area contributed by atoms with E-state index >= 15 is 0 Å². The average Bonchev–Trinajstić information content (AvgIpc) is 2.42. The summed E-state index contributed by atoms with van der Waals surface area (Å²) in [6.45, 7) is 3.90. The third-order valence-electron chi connectivity index (χ3n) is 3.17. The molecular formula is C15H14N4. The van der Waals surface area contributed by atoms with E-state index in [9.17, 15) is 0 Å². The molecule has 2 heterocycles. The molecule has 3 rings (SSSR count). The molecule has 0 atom stereocenters. The molecule has 2 aromatic heterocycles. The van der Waals surface area contributed by atoms with Gasteiger partial charge in [-0.25, -0.2) is 19.9 Å². The van der Waals surface area contributed by atoms with Gasteiger partial charge in [0.1, 0.15) is 11.8 Å². The largest absolute Gasteiger partial charge is 0.246 e. The maximum atomic E-state index is 4.58. The summed E-state index contributed by atoms with van der Waals surface area (Å²) in [6.07, 6.45) is 2.31. The van der Waals surface area contributed by atoms with Gasteiger partial charge < -0.3 is 0 Å². The molecule has 0 aliphatic carbocycles. The Hall–Kier alpha value is -2.36. The summed E-state index contributed by atoms with van der Waals surface area (Å²) in [7, 11) is 0. The maximum absolute atomic E-state index is 4.58. The van der Waals surface area contributed by atoms with Crippen molar-refractivity contribution in [3.63, 3.8) is 0 Å². The lowest BCUT2D eigenvalue weighted by molar-refractivity contribution is 1.00. The van der Waals surface area contributed by atoms with Crippen LogP contribution in [0.15, 0.2) is 36.7 Å². The first-order valence-corrected chi connectivity index (χ1v) is 6.23. The van der Waals surface area contributed by atoms with Gasteiger partial charge >= 0.3 is 0 Å².